The first kappa shape index (κ1) is 32.2. The standard InChI is InChI=1S/C32H37F3N8O2S/c1-21-22(3-4-28-26(21)13-24(16-36)43(28)18-31(2,45)42-11-9-41(20-44)10-12-42)17-40-7-5-23(6-8-40)39-29-27-14-25(15-32(33,34)35)46-30(27)38-19-37-29/h3-4,13-14,19-20,23,45H,5-12,15,17-18H2,1-2H3,(H,37,38,39)/t31-/m0/s1. The Kier molecular flexibility index (Phi) is 8.95. The van der Waals surface area contributed by atoms with Crippen molar-refractivity contribution in [1.82, 2.24) is 29.2 Å². The summed E-state index contributed by atoms with van der Waals surface area (Å²) in [6.07, 6.45) is -1.29. The monoisotopic (exact) mass is 654 g/mol. The van der Waals surface area contributed by atoms with Crippen molar-refractivity contribution in [3.8, 4) is 6.07 Å². The third-order valence-electron chi connectivity index (χ3n) is 9.26. The lowest BCUT2D eigenvalue weighted by atomic mass is 10.0. The number of aromatic nitrogens is 3. The van der Waals surface area contributed by atoms with Crippen LogP contribution in [0.2, 0.25) is 0 Å². The molecule has 0 spiro atoms. The molecular formula is C32H37F3N8O2S. The number of carbonyl (C=O) groups is 1. The second-order valence-electron chi connectivity index (χ2n) is 12.5. The first-order valence-corrected chi connectivity index (χ1v) is 16.2. The normalized spacial score (nSPS) is 18.6. The summed E-state index contributed by atoms with van der Waals surface area (Å²) >= 11 is 1.05. The second-order valence-corrected chi connectivity index (χ2v) is 13.6. The van der Waals surface area contributed by atoms with E-state index in [2.05, 4.69) is 39.2 Å². The molecule has 4 aromatic rings. The van der Waals surface area contributed by atoms with E-state index < -0.39 is 18.3 Å². The number of alkyl halides is 3. The van der Waals surface area contributed by atoms with Gasteiger partial charge in [0.2, 0.25) is 6.41 Å². The van der Waals surface area contributed by atoms with E-state index in [-0.39, 0.29) is 17.5 Å². The van der Waals surface area contributed by atoms with Gasteiger partial charge in [0.05, 0.1) is 18.4 Å². The number of thiophene rings is 1. The number of rotatable bonds is 9. The van der Waals surface area contributed by atoms with E-state index >= 15 is 0 Å². The van der Waals surface area contributed by atoms with Gasteiger partial charge in [-0.15, -0.1) is 11.3 Å². The summed E-state index contributed by atoms with van der Waals surface area (Å²) < 4.78 is 40.7. The number of piperidine rings is 1. The Morgan fingerprint density at radius 1 is 1.11 bits per heavy atom. The average molecular weight is 655 g/mol. The van der Waals surface area contributed by atoms with E-state index in [1.165, 1.54) is 11.9 Å². The van der Waals surface area contributed by atoms with E-state index in [1.54, 1.807) is 17.9 Å². The fraction of sp³-hybridized carbons (Fsp3) is 0.500. The Hall–Kier alpha value is -3.77. The van der Waals surface area contributed by atoms with Gasteiger partial charge in [-0.1, -0.05) is 6.07 Å². The van der Waals surface area contributed by atoms with Crippen LogP contribution in [-0.2, 0) is 24.3 Å². The van der Waals surface area contributed by atoms with Crippen molar-refractivity contribution < 1.29 is 23.1 Å². The molecule has 5 heterocycles. The molecule has 1 aromatic carbocycles. The highest BCUT2D eigenvalue weighted by molar-refractivity contribution is 7.18. The molecule has 2 saturated heterocycles. The molecule has 46 heavy (non-hydrogen) atoms. The minimum Gasteiger partial charge on any atom is -0.374 e. The lowest BCUT2D eigenvalue weighted by molar-refractivity contribution is -0.134. The van der Waals surface area contributed by atoms with E-state index in [4.69, 9.17) is 0 Å². The van der Waals surface area contributed by atoms with Crippen molar-refractivity contribution in [2.75, 3.05) is 44.6 Å². The number of aliphatic hydroxyl groups is 1. The SMILES string of the molecule is Cc1c(CN2CCC(Nc3ncnc4sc(CC(F)(F)F)cc34)CC2)ccc2c1cc(C#N)n2C[C@](C)(O)N1CCN(C=O)CC1. The summed E-state index contributed by atoms with van der Waals surface area (Å²) in [6, 6.07) is 10.0. The summed E-state index contributed by atoms with van der Waals surface area (Å²) in [6.45, 7) is 8.73. The highest BCUT2D eigenvalue weighted by Crippen LogP contribution is 2.34. The highest BCUT2D eigenvalue weighted by atomic mass is 32.1. The van der Waals surface area contributed by atoms with Gasteiger partial charge in [0.15, 0.2) is 0 Å². The molecule has 3 aromatic heterocycles. The zero-order chi connectivity index (χ0) is 32.6. The average Bonchev–Trinajstić information content (AvgIpc) is 3.59. The molecule has 14 heteroatoms. The van der Waals surface area contributed by atoms with Crippen molar-refractivity contribution in [1.29, 1.82) is 5.26 Å². The van der Waals surface area contributed by atoms with E-state index in [1.807, 2.05) is 21.6 Å². The lowest BCUT2D eigenvalue weighted by Gasteiger charge is -2.42. The van der Waals surface area contributed by atoms with Crippen LogP contribution in [0.4, 0.5) is 19.0 Å². The van der Waals surface area contributed by atoms with Gasteiger partial charge < -0.3 is 19.9 Å². The zero-order valence-electron chi connectivity index (χ0n) is 25.8. The Morgan fingerprint density at radius 3 is 2.52 bits per heavy atom. The predicted octanol–water partition coefficient (Wildman–Crippen LogP) is 4.49. The number of nitriles is 1. The maximum atomic E-state index is 12.9. The number of aryl methyl sites for hydroxylation is 1. The van der Waals surface area contributed by atoms with Gasteiger partial charge in [-0.2, -0.15) is 18.4 Å². The van der Waals surface area contributed by atoms with Crippen LogP contribution >= 0.6 is 11.3 Å². The Balaban J connectivity index is 1.11. The Labute approximate surface area is 269 Å². The Bertz CT molecular complexity index is 1760. The number of nitrogens with one attached hydrogen (secondary N) is 1. The van der Waals surface area contributed by atoms with Gasteiger partial charge in [-0.3, -0.25) is 14.6 Å². The van der Waals surface area contributed by atoms with Crippen LogP contribution in [0.5, 0.6) is 0 Å². The topological polar surface area (TPSA) is 114 Å². The minimum absolute atomic E-state index is 0.144. The summed E-state index contributed by atoms with van der Waals surface area (Å²) in [5.74, 6) is 0.578. The lowest BCUT2D eigenvalue weighted by Crippen LogP contribution is -2.57. The number of fused-ring (bicyclic) bond motifs is 2. The van der Waals surface area contributed by atoms with Crippen LogP contribution in [0, 0.1) is 18.3 Å². The van der Waals surface area contributed by atoms with E-state index in [0.29, 0.717) is 47.9 Å². The number of halogens is 3. The van der Waals surface area contributed by atoms with Crippen LogP contribution in [0.25, 0.3) is 21.1 Å². The fourth-order valence-corrected chi connectivity index (χ4v) is 7.67. The van der Waals surface area contributed by atoms with Crippen LogP contribution < -0.4 is 5.32 Å². The molecule has 2 aliphatic heterocycles. The molecule has 0 unspecified atom stereocenters. The van der Waals surface area contributed by atoms with Gasteiger partial charge in [0.1, 0.15) is 34.5 Å². The molecule has 244 valence electrons. The number of carbonyl (C=O) groups excluding carboxylic acids is 1. The number of likely N-dealkylation sites (tertiary alicyclic amines) is 1. The van der Waals surface area contributed by atoms with Crippen LogP contribution in [0.15, 0.2) is 30.6 Å². The number of piperazine rings is 1. The molecule has 1 atom stereocenters. The molecule has 2 aliphatic rings. The molecule has 2 fully saturated rings. The number of amides is 1. The fourth-order valence-electron chi connectivity index (χ4n) is 6.64. The van der Waals surface area contributed by atoms with Crippen molar-refractivity contribution in [2.45, 2.75) is 64.1 Å². The molecule has 0 saturated carbocycles. The summed E-state index contributed by atoms with van der Waals surface area (Å²) in [5.41, 5.74) is 2.47. The van der Waals surface area contributed by atoms with Gasteiger partial charge >= 0.3 is 6.18 Å². The zero-order valence-corrected chi connectivity index (χ0v) is 26.7. The van der Waals surface area contributed by atoms with Crippen molar-refractivity contribution in [3.05, 3.63) is 52.3 Å². The molecule has 10 nitrogen and oxygen atoms in total. The molecule has 0 bridgehead atoms. The first-order valence-electron chi connectivity index (χ1n) is 15.4. The third kappa shape index (κ3) is 6.83. The van der Waals surface area contributed by atoms with Crippen LogP contribution in [0.3, 0.4) is 0 Å². The number of hydrogen-bond donors (Lipinski definition) is 2. The quantitative estimate of drug-likeness (QED) is 0.254. The maximum Gasteiger partial charge on any atom is 0.393 e. The van der Waals surface area contributed by atoms with E-state index in [9.17, 15) is 28.3 Å². The number of nitrogens with zero attached hydrogens (tertiary/aromatic N) is 7. The largest absolute Gasteiger partial charge is 0.393 e. The summed E-state index contributed by atoms with van der Waals surface area (Å²) in [4.78, 5) is 26.4. The van der Waals surface area contributed by atoms with Gasteiger partial charge in [0.25, 0.3) is 0 Å². The Morgan fingerprint density at radius 2 is 1.85 bits per heavy atom. The minimum atomic E-state index is -4.27. The number of anilines is 1. The first-order chi connectivity index (χ1) is 21.9. The maximum absolute atomic E-state index is 12.9. The smallest absolute Gasteiger partial charge is 0.374 e. The number of benzene rings is 1. The second kappa shape index (κ2) is 12.8. The summed E-state index contributed by atoms with van der Waals surface area (Å²) in [7, 11) is 0. The van der Waals surface area contributed by atoms with Gasteiger partial charge in [-0.25, -0.2) is 9.97 Å². The van der Waals surface area contributed by atoms with E-state index in [0.717, 1.165) is 66.7 Å². The van der Waals surface area contributed by atoms with Crippen LogP contribution in [0.1, 0.15) is 41.5 Å². The highest BCUT2D eigenvalue weighted by Gasteiger charge is 2.34. The molecule has 0 aliphatic carbocycles. The molecule has 6 rings (SSSR count). The number of hydrogen-bond acceptors (Lipinski definition) is 9. The molecule has 2 N–H and O–H groups in total. The summed E-state index contributed by atoms with van der Waals surface area (Å²) in [5, 5.41) is 26.5. The molecular weight excluding hydrogens is 617 g/mol. The van der Waals surface area contributed by atoms with Crippen LogP contribution in [-0.4, -0.2) is 98.0 Å². The van der Waals surface area contributed by atoms with Crippen molar-refractivity contribution in [2.24, 2.45) is 0 Å². The predicted molar refractivity (Wildman–Crippen MR) is 170 cm³/mol. The third-order valence-corrected chi connectivity index (χ3v) is 10.3. The van der Waals surface area contributed by atoms with Crippen molar-refractivity contribution >= 4 is 44.7 Å². The van der Waals surface area contributed by atoms with Gasteiger partial charge in [0, 0.05) is 67.6 Å². The molecule has 1 amide bonds. The van der Waals surface area contributed by atoms with Gasteiger partial charge in [-0.05, 0) is 56.0 Å². The van der Waals surface area contributed by atoms with Crippen molar-refractivity contribution in [3.63, 3.8) is 0 Å². The molecule has 0 radical (unpaired) electrons.